The van der Waals surface area contributed by atoms with E-state index in [0.717, 1.165) is 37.3 Å². The Morgan fingerprint density at radius 1 is 1.26 bits per heavy atom. The molecule has 3 aromatic rings. The van der Waals surface area contributed by atoms with E-state index in [9.17, 15) is 13.2 Å². The van der Waals surface area contributed by atoms with E-state index in [4.69, 9.17) is 9.40 Å². The molecule has 1 spiro atoms. The molecule has 3 heterocycles. The van der Waals surface area contributed by atoms with Crippen molar-refractivity contribution in [2.75, 3.05) is 13.1 Å². The fraction of sp³-hybridized carbons (Fsp3) is 0.571. The van der Waals surface area contributed by atoms with E-state index in [1.807, 2.05) is 13.8 Å². The van der Waals surface area contributed by atoms with Gasteiger partial charge < -0.3 is 4.42 Å². The number of H-pyrrole nitrogens is 1. The third-order valence-corrected chi connectivity index (χ3v) is 8.79. The van der Waals surface area contributed by atoms with Crippen molar-refractivity contribution in [2.24, 2.45) is 12.5 Å². The molecule has 1 atom stereocenters. The van der Waals surface area contributed by atoms with Crippen LogP contribution in [0.15, 0.2) is 32.3 Å². The first-order valence-corrected chi connectivity index (χ1v) is 12.2. The van der Waals surface area contributed by atoms with E-state index in [-0.39, 0.29) is 27.7 Å². The maximum absolute atomic E-state index is 13.6. The molecule has 2 aliphatic rings. The lowest BCUT2D eigenvalue weighted by Gasteiger charge is -2.28. The quantitative estimate of drug-likeness (QED) is 0.660. The van der Waals surface area contributed by atoms with Gasteiger partial charge in [-0.3, -0.25) is 9.67 Å². The van der Waals surface area contributed by atoms with E-state index >= 15 is 0 Å². The van der Waals surface area contributed by atoms with Crippen molar-refractivity contribution in [3.8, 4) is 0 Å². The summed E-state index contributed by atoms with van der Waals surface area (Å²) in [4.78, 5) is 16.7. The van der Waals surface area contributed by atoms with Gasteiger partial charge in [0.15, 0.2) is 11.4 Å². The van der Waals surface area contributed by atoms with Gasteiger partial charge in [0.2, 0.25) is 10.0 Å². The summed E-state index contributed by atoms with van der Waals surface area (Å²) >= 11 is 0. The third kappa shape index (κ3) is 3.15. The molecule has 0 amide bonds. The average molecular weight is 446 g/mol. The van der Waals surface area contributed by atoms with Gasteiger partial charge in [-0.25, -0.2) is 18.2 Å². The highest BCUT2D eigenvalue weighted by atomic mass is 32.2. The second-order valence-electron chi connectivity index (χ2n) is 9.21. The van der Waals surface area contributed by atoms with Crippen molar-refractivity contribution in [1.29, 1.82) is 0 Å². The molecule has 1 N–H and O–H groups in total. The summed E-state index contributed by atoms with van der Waals surface area (Å²) in [5.41, 5.74) is 0.722. The summed E-state index contributed by atoms with van der Waals surface area (Å²) in [6, 6.07) is 4.62. The number of hydrogen-bond donors (Lipinski definition) is 1. The van der Waals surface area contributed by atoms with E-state index in [1.165, 1.54) is 10.6 Å². The van der Waals surface area contributed by atoms with Crippen molar-refractivity contribution in [3.63, 3.8) is 0 Å². The summed E-state index contributed by atoms with van der Waals surface area (Å²) in [5.74, 6) is 1.23. The molecule has 1 aliphatic carbocycles. The number of aromatic amines is 1. The molecule has 1 saturated carbocycles. The fourth-order valence-corrected chi connectivity index (χ4v) is 6.76. The number of nitrogens with zero attached hydrogens (tertiary/aromatic N) is 4. The normalized spacial score (nSPS) is 21.7. The first-order chi connectivity index (χ1) is 14.7. The Hall–Kier alpha value is -2.46. The van der Waals surface area contributed by atoms with Crippen molar-refractivity contribution in [2.45, 2.75) is 56.3 Å². The maximum Gasteiger partial charge on any atom is 0.419 e. The number of benzene rings is 1. The smallest absolute Gasteiger partial charge is 0.408 e. The van der Waals surface area contributed by atoms with Crippen LogP contribution in [0.5, 0.6) is 0 Å². The molecule has 166 valence electrons. The molecule has 1 aliphatic heterocycles. The van der Waals surface area contributed by atoms with E-state index < -0.39 is 15.8 Å². The number of oxazole rings is 1. The third-order valence-electron chi connectivity index (χ3n) is 6.98. The SMILES string of the molecule is CC(C)c1n[nH]c(C2CN(S(=O)(=O)c3ccc4c(c3)oc(=O)n4C)CC23CCCC3)n1. The number of rotatable bonds is 4. The van der Waals surface area contributed by atoms with Crippen molar-refractivity contribution < 1.29 is 12.8 Å². The number of aromatic nitrogens is 4. The highest BCUT2D eigenvalue weighted by Gasteiger charge is 2.53. The van der Waals surface area contributed by atoms with Gasteiger partial charge in [0.05, 0.1) is 10.4 Å². The average Bonchev–Trinajstić information content (AvgIpc) is 3.51. The van der Waals surface area contributed by atoms with Gasteiger partial charge in [-0.1, -0.05) is 26.7 Å². The Bertz CT molecular complexity index is 1300. The van der Waals surface area contributed by atoms with Gasteiger partial charge in [0.25, 0.3) is 0 Å². The van der Waals surface area contributed by atoms with Gasteiger partial charge in [-0.15, -0.1) is 0 Å². The van der Waals surface area contributed by atoms with E-state index in [1.54, 1.807) is 23.5 Å². The minimum absolute atomic E-state index is 0.0110. The predicted molar refractivity (Wildman–Crippen MR) is 114 cm³/mol. The zero-order valence-corrected chi connectivity index (χ0v) is 18.8. The van der Waals surface area contributed by atoms with Crippen LogP contribution >= 0.6 is 0 Å². The molecular formula is C21H27N5O4S. The molecule has 1 saturated heterocycles. The summed E-state index contributed by atoms with van der Waals surface area (Å²) in [6.07, 6.45) is 4.15. The molecule has 31 heavy (non-hydrogen) atoms. The summed E-state index contributed by atoms with van der Waals surface area (Å²) in [7, 11) is -2.15. The molecule has 10 heteroatoms. The Labute approximate surface area is 180 Å². The Morgan fingerprint density at radius 3 is 2.68 bits per heavy atom. The minimum Gasteiger partial charge on any atom is -0.408 e. The monoisotopic (exact) mass is 445 g/mol. The Morgan fingerprint density at radius 2 is 2.00 bits per heavy atom. The number of aryl methyl sites for hydroxylation is 1. The molecule has 2 fully saturated rings. The van der Waals surface area contributed by atoms with Crippen LogP contribution in [0.3, 0.4) is 0 Å². The number of sulfonamides is 1. The zero-order chi connectivity index (χ0) is 22.0. The largest absolute Gasteiger partial charge is 0.419 e. The number of hydrogen-bond acceptors (Lipinski definition) is 6. The van der Waals surface area contributed by atoms with Crippen LogP contribution < -0.4 is 5.76 Å². The van der Waals surface area contributed by atoms with Crippen molar-refractivity contribution in [1.82, 2.24) is 24.1 Å². The van der Waals surface area contributed by atoms with Gasteiger partial charge in [0.1, 0.15) is 5.82 Å². The van der Waals surface area contributed by atoms with Crippen LogP contribution in [0, 0.1) is 5.41 Å². The minimum atomic E-state index is -3.75. The molecule has 9 nitrogen and oxygen atoms in total. The molecular weight excluding hydrogens is 418 g/mol. The van der Waals surface area contributed by atoms with Crippen LogP contribution in [0.4, 0.5) is 0 Å². The van der Waals surface area contributed by atoms with Crippen LogP contribution in [0.2, 0.25) is 0 Å². The number of fused-ring (bicyclic) bond motifs is 1. The van der Waals surface area contributed by atoms with Crippen molar-refractivity contribution >= 4 is 21.1 Å². The van der Waals surface area contributed by atoms with Crippen LogP contribution in [-0.2, 0) is 17.1 Å². The lowest BCUT2D eigenvalue weighted by Crippen LogP contribution is -2.31. The molecule has 5 rings (SSSR count). The topological polar surface area (TPSA) is 114 Å². The number of nitrogens with one attached hydrogen (secondary N) is 1. The molecule has 0 radical (unpaired) electrons. The molecule has 2 aromatic heterocycles. The summed E-state index contributed by atoms with van der Waals surface area (Å²) in [6.45, 7) is 4.92. The molecule has 0 bridgehead atoms. The van der Waals surface area contributed by atoms with Gasteiger partial charge in [-0.2, -0.15) is 9.40 Å². The van der Waals surface area contributed by atoms with Gasteiger partial charge in [0, 0.05) is 38.0 Å². The Kier molecular flexibility index (Phi) is 4.63. The van der Waals surface area contributed by atoms with E-state index in [0.29, 0.717) is 18.6 Å². The Balaban J connectivity index is 1.52. The van der Waals surface area contributed by atoms with Gasteiger partial charge in [-0.05, 0) is 30.4 Å². The maximum atomic E-state index is 13.6. The van der Waals surface area contributed by atoms with E-state index in [2.05, 4.69) is 10.2 Å². The van der Waals surface area contributed by atoms with Gasteiger partial charge >= 0.3 is 5.76 Å². The zero-order valence-electron chi connectivity index (χ0n) is 18.0. The molecule has 1 unspecified atom stereocenters. The van der Waals surface area contributed by atoms with Crippen molar-refractivity contribution in [3.05, 3.63) is 40.4 Å². The molecule has 1 aromatic carbocycles. The highest BCUT2D eigenvalue weighted by molar-refractivity contribution is 7.89. The highest BCUT2D eigenvalue weighted by Crippen LogP contribution is 2.53. The fourth-order valence-electron chi connectivity index (χ4n) is 5.19. The lowest BCUT2D eigenvalue weighted by atomic mass is 9.76. The first kappa shape index (κ1) is 20.4. The van der Waals surface area contributed by atoms with Crippen LogP contribution in [0.1, 0.15) is 63.0 Å². The predicted octanol–water partition coefficient (Wildman–Crippen LogP) is 2.72. The second-order valence-corrected chi connectivity index (χ2v) is 11.1. The summed E-state index contributed by atoms with van der Waals surface area (Å²) < 4.78 is 35.2. The lowest BCUT2D eigenvalue weighted by molar-refractivity contribution is 0.277. The second kappa shape index (κ2) is 7.03. The summed E-state index contributed by atoms with van der Waals surface area (Å²) in [5, 5.41) is 7.45. The van der Waals surface area contributed by atoms with Crippen LogP contribution in [-0.4, -0.2) is 45.6 Å². The first-order valence-electron chi connectivity index (χ1n) is 10.7. The standard InChI is InChI=1S/C21H27N5O4S/c1-13(2)18-22-19(24-23-18)15-11-26(12-21(15)8-4-5-9-21)31(28,29)14-6-7-16-17(10-14)30-20(27)25(16)3/h6-7,10,13,15H,4-5,8-9,11-12H2,1-3H3,(H,22,23,24). The van der Waals surface area contributed by atoms with Crippen LogP contribution in [0.25, 0.3) is 11.1 Å².